The highest BCUT2D eigenvalue weighted by atomic mass is 35.5. The van der Waals surface area contributed by atoms with Crippen LogP contribution in [0.5, 0.6) is 0 Å². The number of nitrogens with one attached hydrogen (secondary N) is 1. The first kappa shape index (κ1) is 23.5. The Morgan fingerprint density at radius 3 is 2.53 bits per heavy atom. The van der Waals surface area contributed by atoms with E-state index in [1.54, 1.807) is 24.3 Å². The van der Waals surface area contributed by atoms with Crippen LogP contribution in [0.2, 0.25) is 5.02 Å². The zero-order chi connectivity index (χ0) is 25.2. The molecule has 1 aliphatic carbocycles. The number of carboxylic acid groups (broad SMARTS) is 1. The molecule has 1 heterocycles. The molecule has 4 aromatic rings. The fraction of sp³-hybridized carbons (Fsp3) is 0.138. The van der Waals surface area contributed by atoms with Gasteiger partial charge in [-0.05, 0) is 82.5 Å². The number of aliphatic carboxylic acids is 1. The van der Waals surface area contributed by atoms with Gasteiger partial charge in [-0.15, -0.1) is 0 Å². The summed E-state index contributed by atoms with van der Waals surface area (Å²) in [4.78, 5) is 10.9. The van der Waals surface area contributed by atoms with Crippen LogP contribution in [-0.4, -0.2) is 21.3 Å². The zero-order valence-corrected chi connectivity index (χ0v) is 19.9. The smallest absolute Gasteiger partial charge is 0.328 e. The van der Waals surface area contributed by atoms with Crippen molar-refractivity contribution in [3.05, 3.63) is 106 Å². The average molecular weight is 498 g/mol. The number of rotatable bonds is 6. The summed E-state index contributed by atoms with van der Waals surface area (Å²) in [5, 5.41) is 26.2. The molecular weight excluding hydrogens is 477 g/mol. The van der Waals surface area contributed by atoms with Gasteiger partial charge < -0.3 is 5.11 Å². The molecule has 178 valence electrons. The van der Waals surface area contributed by atoms with Crippen LogP contribution in [0.4, 0.5) is 4.39 Å². The maximum absolute atomic E-state index is 14.5. The third-order valence-electron chi connectivity index (χ3n) is 6.59. The van der Waals surface area contributed by atoms with Gasteiger partial charge in [-0.25, -0.2) is 4.79 Å². The molecule has 5 rings (SSSR count). The molecular formula is C29H21ClFN3O2. The monoisotopic (exact) mass is 497 g/mol. The van der Waals surface area contributed by atoms with Gasteiger partial charge in [0.05, 0.1) is 22.5 Å². The second kappa shape index (κ2) is 9.80. The molecule has 0 unspecified atom stereocenters. The fourth-order valence-electron chi connectivity index (χ4n) is 4.64. The van der Waals surface area contributed by atoms with Crippen molar-refractivity contribution in [2.45, 2.75) is 19.3 Å². The van der Waals surface area contributed by atoms with Gasteiger partial charge in [0, 0.05) is 11.1 Å². The standard InChI is InChI=1S/C29H21ClFN3O2/c30-22-10-11-23(21(14-22)16-32)28(18-2-1-3-18)27(19-7-4-17(5-8-19)6-13-26(35)36)20-9-12-25-24(15-20)29(31)34-33-25/h4-15,18H,1-3H2,(H,33,34)(H,35,36)/b13-6+,28-27+. The van der Waals surface area contributed by atoms with E-state index in [-0.39, 0.29) is 5.92 Å². The lowest BCUT2D eigenvalue weighted by atomic mass is 9.72. The summed E-state index contributed by atoms with van der Waals surface area (Å²) < 4.78 is 14.5. The average Bonchev–Trinajstić information content (AvgIpc) is 3.22. The summed E-state index contributed by atoms with van der Waals surface area (Å²) >= 11 is 6.21. The predicted molar refractivity (Wildman–Crippen MR) is 139 cm³/mol. The summed E-state index contributed by atoms with van der Waals surface area (Å²) in [7, 11) is 0. The van der Waals surface area contributed by atoms with E-state index in [1.807, 2.05) is 36.4 Å². The maximum atomic E-state index is 14.5. The highest BCUT2D eigenvalue weighted by Crippen LogP contribution is 2.46. The highest BCUT2D eigenvalue weighted by molar-refractivity contribution is 6.30. The van der Waals surface area contributed by atoms with E-state index < -0.39 is 11.9 Å². The molecule has 5 nitrogen and oxygen atoms in total. The molecule has 3 aromatic carbocycles. The number of H-pyrrole nitrogens is 1. The van der Waals surface area contributed by atoms with Crippen LogP contribution in [0.25, 0.3) is 28.1 Å². The van der Waals surface area contributed by atoms with Crippen molar-refractivity contribution < 1.29 is 14.3 Å². The van der Waals surface area contributed by atoms with E-state index in [0.717, 1.165) is 58.7 Å². The first-order chi connectivity index (χ1) is 17.4. The summed E-state index contributed by atoms with van der Waals surface area (Å²) in [6.07, 6.45) is 5.67. The quantitative estimate of drug-likeness (QED) is 0.220. The van der Waals surface area contributed by atoms with Crippen LogP contribution in [0.15, 0.2) is 66.7 Å². The number of carboxylic acids is 1. The maximum Gasteiger partial charge on any atom is 0.328 e. The number of nitrogens with zero attached hydrogens (tertiary/aromatic N) is 2. The molecule has 1 fully saturated rings. The van der Waals surface area contributed by atoms with E-state index in [2.05, 4.69) is 16.3 Å². The lowest BCUT2D eigenvalue weighted by Gasteiger charge is -2.32. The molecule has 0 saturated heterocycles. The second-order valence-corrected chi connectivity index (χ2v) is 9.22. The van der Waals surface area contributed by atoms with E-state index in [4.69, 9.17) is 16.7 Å². The molecule has 0 amide bonds. The third-order valence-corrected chi connectivity index (χ3v) is 6.82. The molecule has 7 heteroatoms. The fourth-order valence-corrected chi connectivity index (χ4v) is 4.81. The molecule has 0 spiro atoms. The lowest BCUT2D eigenvalue weighted by molar-refractivity contribution is -0.131. The first-order valence-corrected chi connectivity index (χ1v) is 11.9. The van der Waals surface area contributed by atoms with Gasteiger partial charge in [-0.1, -0.05) is 54.4 Å². The number of aromatic nitrogens is 2. The largest absolute Gasteiger partial charge is 0.478 e. The Labute approximate surface area is 212 Å². The minimum absolute atomic E-state index is 0.227. The molecule has 0 bridgehead atoms. The zero-order valence-electron chi connectivity index (χ0n) is 19.1. The number of hydrogen-bond donors (Lipinski definition) is 2. The van der Waals surface area contributed by atoms with Crippen molar-refractivity contribution in [2.75, 3.05) is 0 Å². The number of fused-ring (bicyclic) bond motifs is 1. The Morgan fingerprint density at radius 1 is 1.11 bits per heavy atom. The topological polar surface area (TPSA) is 89.8 Å². The number of hydrogen-bond acceptors (Lipinski definition) is 3. The van der Waals surface area contributed by atoms with Crippen molar-refractivity contribution in [2.24, 2.45) is 5.92 Å². The number of aromatic amines is 1. The first-order valence-electron chi connectivity index (χ1n) is 11.5. The van der Waals surface area contributed by atoms with Crippen LogP contribution in [0.3, 0.4) is 0 Å². The second-order valence-electron chi connectivity index (χ2n) is 8.78. The normalized spacial score (nSPS) is 14.5. The minimum atomic E-state index is -1.02. The minimum Gasteiger partial charge on any atom is -0.478 e. The lowest BCUT2D eigenvalue weighted by Crippen LogP contribution is -2.16. The molecule has 36 heavy (non-hydrogen) atoms. The summed E-state index contributed by atoms with van der Waals surface area (Å²) in [6, 6.07) is 20.6. The number of allylic oxidation sites excluding steroid dienone is 1. The number of halogens is 2. The molecule has 1 aromatic heterocycles. The Kier molecular flexibility index (Phi) is 6.41. The summed E-state index contributed by atoms with van der Waals surface area (Å²) in [5.41, 5.74) is 6.17. The van der Waals surface area contributed by atoms with Gasteiger partial charge in [0.15, 0.2) is 0 Å². The molecule has 0 aliphatic heterocycles. The molecule has 0 atom stereocenters. The van der Waals surface area contributed by atoms with Gasteiger partial charge >= 0.3 is 5.97 Å². The number of benzene rings is 3. The van der Waals surface area contributed by atoms with Crippen molar-refractivity contribution >= 4 is 45.7 Å². The van der Waals surface area contributed by atoms with Crippen LogP contribution < -0.4 is 0 Å². The highest BCUT2D eigenvalue weighted by Gasteiger charge is 2.29. The van der Waals surface area contributed by atoms with Crippen LogP contribution in [0.1, 0.15) is 47.1 Å². The SMILES string of the molecule is N#Cc1cc(Cl)ccc1/C(=C(\c1ccc(/C=C/C(=O)O)cc1)c1ccc2n[nH]c(F)c2c1)C1CCC1. The van der Waals surface area contributed by atoms with Crippen molar-refractivity contribution in [1.29, 1.82) is 5.26 Å². The number of carbonyl (C=O) groups is 1. The van der Waals surface area contributed by atoms with Gasteiger partial charge in [-0.2, -0.15) is 14.8 Å². The number of nitriles is 1. The third kappa shape index (κ3) is 4.53. The van der Waals surface area contributed by atoms with E-state index in [1.165, 1.54) is 6.08 Å². The Hall–Kier alpha value is -4.21. The molecule has 1 aliphatic rings. The van der Waals surface area contributed by atoms with Crippen LogP contribution >= 0.6 is 11.6 Å². The van der Waals surface area contributed by atoms with Crippen LogP contribution in [-0.2, 0) is 4.79 Å². The molecule has 1 saturated carbocycles. The molecule has 0 radical (unpaired) electrons. The van der Waals surface area contributed by atoms with E-state index in [0.29, 0.717) is 21.5 Å². The summed E-state index contributed by atoms with van der Waals surface area (Å²) in [5.74, 6) is -1.30. The van der Waals surface area contributed by atoms with Gasteiger partial charge in [-0.3, -0.25) is 5.10 Å². The Balaban J connectivity index is 1.79. The van der Waals surface area contributed by atoms with Gasteiger partial charge in [0.1, 0.15) is 0 Å². The van der Waals surface area contributed by atoms with Crippen molar-refractivity contribution in [3.8, 4) is 6.07 Å². The van der Waals surface area contributed by atoms with Gasteiger partial charge in [0.25, 0.3) is 0 Å². The van der Waals surface area contributed by atoms with Crippen LogP contribution in [0, 0.1) is 23.2 Å². The predicted octanol–water partition coefficient (Wildman–Crippen LogP) is 7.08. The summed E-state index contributed by atoms with van der Waals surface area (Å²) in [6.45, 7) is 0. The Morgan fingerprint density at radius 2 is 1.86 bits per heavy atom. The van der Waals surface area contributed by atoms with Crippen molar-refractivity contribution in [1.82, 2.24) is 10.2 Å². The van der Waals surface area contributed by atoms with E-state index in [9.17, 15) is 14.4 Å². The van der Waals surface area contributed by atoms with Crippen molar-refractivity contribution in [3.63, 3.8) is 0 Å². The van der Waals surface area contributed by atoms with E-state index >= 15 is 0 Å². The van der Waals surface area contributed by atoms with Gasteiger partial charge in [0.2, 0.25) is 5.95 Å². The Bertz CT molecular complexity index is 1570. The molecule has 2 N–H and O–H groups in total.